The fourth-order valence-electron chi connectivity index (χ4n) is 1.61. The van der Waals surface area contributed by atoms with Crippen molar-refractivity contribution in [3.05, 3.63) is 58.9 Å². The lowest BCUT2D eigenvalue weighted by molar-refractivity contribution is 0.112. The van der Waals surface area contributed by atoms with E-state index >= 15 is 0 Å². The molecule has 0 aliphatic rings. The molecular formula is C15H13FO2. The molecule has 0 amide bonds. The van der Waals surface area contributed by atoms with Gasteiger partial charge in [-0.05, 0) is 49.2 Å². The number of rotatable bonds is 3. The third-order valence-corrected chi connectivity index (χ3v) is 2.71. The number of hydrogen-bond acceptors (Lipinski definition) is 2. The standard InChI is InChI=1S/C15H13FO2/c1-10-3-4-12(9-17)8-15(10)18-13-5-6-14(16)11(2)7-13/h3-9H,1-2H3. The van der Waals surface area contributed by atoms with Crippen LogP contribution in [0.3, 0.4) is 0 Å². The number of carbonyl (C=O) groups excluding carboxylic acids is 1. The summed E-state index contributed by atoms with van der Waals surface area (Å²) in [6.07, 6.45) is 0.766. The van der Waals surface area contributed by atoms with Crippen molar-refractivity contribution in [3.63, 3.8) is 0 Å². The highest BCUT2D eigenvalue weighted by Gasteiger charge is 2.05. The summed E-state index contributed by atoms with van der Waals surface area (Å²) in [5.74, 6) is 0.895. The van der Waals surface area contributed by atoms with Crippen molar-refractivity contribution in [2.45, 2.75) is 13.8 Å². The topological polar surface area (TPSA) is 26.3 Å². The average Bonchev–Trinajstić information content (AvgIpc) is 2.36. The molecule has 2 aromatic carbocycles. The number of hydrogen-bond donors (Lipinski definition) is 0. The van der Waals surface area contributed by atoms with Crippen LogP contribution in [0.25, 0.3) is 0 Å². The molecule has 2 aromatic rings. The van der Waals surface area contributed by atoms with Gasteiger partial charge in [0.05, 0.1) is 0 Å². The van der Waals surface area contributed by atoms with Gasteiger partial charge in [-0.15, -0.1) is 0 Å². The highest BCUT2D eigenvalue weighted by molar-refractivity contribution is 5.75. The molecule has 0 aliphatic carbocycles. The van der Waals surface area contributed by atoms with Gasteiger partial charge in [0.1, 0.15) is 23.6 Å². The van der Waals surface area contributed by atoms with E-state index in [-0.39, 0.29) is 5.82 Å². The maximum absolute atomic E-state index is 13.1. The van der Waals surface area contributed by atoms with Crippen LogP contribution in [0, 0.1) is 19.7 Å². The lowest BCUT2D eigenvalue weighted by atomic mass is 10.1. The molecule has 2 rings (SSSR count). The molecule has 0 saturated heterocycles. The number of carbonyl (C=O) groups is 1. The van der Waals surface area contributed by atoms with Crippen LogP contribution in [-0.2, 0) is 0 Å². The first-order valence-electron chi connectivity index (χ1n) is 5.60. The molecular weight excluding hydrogens is 231 g/mol. The summed E-state index contributed by atoms with van der Waals surface area (Å²) in [5, 5.41) is 0. The Morgan fingerprint density at radius 3 is 2.50 bits per heavy atom. The Bertz CT molecular complexity index is 591. The monoisotopic (exact) mass is 244 g/mol. The fraction of sp³-hybridized carbons (Fsp3) is 0.133. The number of aldehydes is 1. The van der Waals surface area contributed by atoms with Gasteiger partial charge in [0.25, 0.3) is 0 Å². The minimum absolute atomic E-state index is 0.263. The quantitative estimate of drug-likeness (QED) is 0.761. The zero-order valence-electron chi connectivity index (χ0n) is 10.2. The van der Waals surface area contributed by atoms with Crippen LogP contribution in [0.1, 0.15) is 21.5 Å². The van der Waals surface area contributed by atoms with Crippen LogP contribution in [0.4, 0.5) is 4.39 Å². The summed E-state index contributed by atoms with van der Waals surface area (Å²) >= 11 is 0. The van der Waals surface area contributed by atoms with Crippen LogP contribution in [0.2, 0.25) is 0 Å². The SMILES string of the molecule is Cc1cc(Oc2cc(C=O)ccc2C)ccc1F. The molecule has 2 nitrogen and oxygen atoms in total. The van der Waals surface area contributed by atoms with E-state index in [1.807, 2.05) is 13.0 Å². The van der Waals surface area contributed by atoms with Gasteiger partial charge in [-0.3, -0.25) is 4.79 Å². The van der Waals surface area contributed by atoms with E-state index in [4.69, 9.17) is 4.74 Å². The first-order valence-corrected chi connectivity index (χ1v) is 5.60. The van der Waals surface area contributed by atoms with Crippen molar-refractivity contribution in [2.24, 2.45) is 0 Å². The van der Waals surface area contributed by atoms with Crippen LogP contribution in [0.15, 0.2) is 36.4 Å². The van der Waals surface area contributed by atoms with Gasteiger partial charge in [-0.1, -0.05) is 12.1 Å². The van der Waals surface area contributed by atoms with Gasteiger partial charge in [-0.2, -0.15) is 0 Å². The Morgan fingerprint density at radius 2 is 1.83 bits per heavy atom. The Labute approximate surface area is 105 Å². The van der Waals surface area contributed by atoms with Crippen LogP contribution < -0.4 is 4.74 Å². The molecule has 0 atom stereocenters. The second-order valence-corrected chi connectivity index (χ2v) is 4.16. The summed E-state index contributed by atoms with van der Waals surface area (Å²) in [6.45, 7) is 3.57. The van der Waals surface area contributed by atoms with Crippen molar-refractivity contribution < 1.29 is 13.9 Å². The molecule has 0 bridgehead atoms. The van der Waals surface area contributed by atoms with Gasteiger partial charge in [0.2, 0.25) is 0 Å². The summed E-state index contributed by atoms with van der Waals surface area (Å²) in [6, 6.07) is 9.77. The van der Waals surface area contributed by atoms with Crippen molar-refractivity contribution in [3.8, 4) is 11.5 Å². The zero-order valence-corrected chi connectivity index (χ0v) is 10.2. The lowest BCUT2D eigenvalue weighted by Crippen LogP contribution is -1.91. The smallest absolute Gasteiger partial charge is 0.150 e. The van der Waals surface area contributed by atoms with Crippen molar-refractivity contribution in [1.29, 1.82) is 0 Å². The van der Waals surface area contributed by atoms with Crippen molar-refractivity contribution in [1.82, 2.24) is 0 Å². The van der Waals surface area contributed by atoms with E-state index in [1.54, 1.807) is 31.2 Å². The Balaban J connectivity index is 2.33. The van der Waals surface area contributed by atoms with Crippen molar-refractivity contribution >= 4 is 6.29 Å². The summed E-state index contributed by atoms with van der Waals surface area (Å²) in [7, 11) is 0. The molecule has 0 saturated carbocycles. The Hall–Kier alpha value is -2.16. The normalized spacial score (nSPS) is 10.2. The Kier molecular flexibility index (Phi) is 3.42. The molecule has 18 heavy (non-hydrogen) atoms. The predicted octanol–water partition coefficient (Wildman–Crippen LogP) is 4.05. The number of halogens is 1. The third-order valence-electron chi connectivity index (χ3n) is 2.71. The van der Waals surface area contributed by atoms with E-state index in [0.29, 0.717) is 22.6 Å². The van der Waals surface area contributed by atoms with Crippen LogP contribution in [-0.4, -0.2) is 6.29 Å². The first kappa shape index (κ1) is 12.3. The molecule has 0 radical (unpaired) electrons. The fourth-order valence-corrected chi connectivity index (χ4v) is 1.61. The highest BCUT2D eigenvalue weighted by Crippen LogP contribution is 2.26. The van der Waals surface area contributed by atoms with Gasteiger partial charge >= 0.3 is 0 Å². The van der Waals surface area contributed by atoms with Crippen LogP contribution >= 0.6 is 0 Å². The molecule has 0 fully saturated rings. The number of aryl methyl sites for hydroxylation is 2. The molecule has 0 N–H and O–H groups in total. The van der Waals surface area contributed by atoms with Gasteiger partial charge < -0.3 is 4.74 Å². The highest BCUT2D eigenvalue weighted by atomic mass is 19.1. The molecule has 0 spiro atoms. The summed E-state index contributed by atoms with van der Waals surface area (Å²) in [4.78, 5) is 10.7. The molecule has 0 aromatic heterocycles. The van der Waals surface area contributed by atoms with Gasteiger partial charge in [0, 0.05) is 5.56 Å². The summed E-state index contributed by atoms with van der Waals surface area (Å²) < 4.78 is 18.8. The van der Waals surface area contributed by atoms with Crippen molar-refractivity contribution in [2.75, 3.05) is 0 Å². The number of ether oxygens (including phenoxy) is 1. The molecule has 0 unspecified atom stereocenters. The predicted molar refractivity (Wildman–Crippen MR) is 67.8 cm³/mol. The minimum atomic E-state index is -0.263. The van der Waals surface area contributed by atoms with Gasteiger partial charge in [-0.25, -0.2) is 4.39 Å². The van der Waals surface area contributed by atoms with E-state index in [1.165, 1.54) is 6.07 Å². The summed E-state index contributed by atoms with van der Waals surface area (Å²) in [5.41, 5.74) is 1.99. The van der Waals surface area contributed by atoms with E-state index in [0.717, 1.165) is 11.8 Å². The molecule has 0 heterocycles. The number of benzene rings is 2. The minimum Gasteiger partial charge on any atom is -0.457 e. The van der Waals surface area contributed by atoms with E-state index < -0.39 is 0 Å². The Morgan fingerprint density at radius 1 is 1.06 bits per heavy atom. The molecule has 0 aliphatic heterocycles. The first-order chi connectivity index (χ1) is 8.60. The van der Waals surface area contributed by atoms with E-state index in [2.05, 4.69) is 0 Å². The van der Waals surface area contributed by atoms with Gasteiger partial charge in [0.15, 0.2) is 0 Å². The average molecular weight is 244 g/mol. The maximum atomic E-state index is 13.1. The molecule has 92 valence electrons. The maximum Gasteiger partial charge on any atom is 0.150 e. The molecule has 3 heteroatoms. The third kappa shape index (κ3) is 2.56. The lowest BCUT2D eigenvalue weighted by Gasteiger charge is -2.10. The second-order valence-electron chi connectivity index (χ2n) is 4.16. The zero-order chi connectivity index (χ0) is 13.1. The largest absolute Gasteiger partial charge is 0.457 e. The van der Waals surface area contributed by atoms with E-state index in [9.17, 15) is 9.18 Å². The van der Waals surface area contributed by atoms with Crippen LogP contribution in [0.5, 0.6) is 11.5 Å². The second kappa shape index (κ2) is 5.00.